The van der Waals surface area contributed by atoms with Crippen molar-refractivity contribution in [3.05, 3.63) is 29.8 Å². The first-order valence-electron chi connectivity index (χ1n) is 8.13. The van der Waals surface area contributed by atoms with Crippen LogP contribution >= 0.6 is 0 Å². The summed E-state index contributed by atoms with van der Waals surface area (Å²) in [6, 6.07) is 8.36. The lowest BCUT2D eigenvalue weighted by atomic mass is 9.93. The first-order chi connectivity index (χ1) is 10.3. The van der Waals surface area contributed by atoms with Gasteiger partial charge in [-0.1, -0.05) is 44.4 Å². The molecule has 3 heteroatoms. The maximum Gasteiger partial charge on any atom is 0.122 e. The Balaban J connectivity index is 2.53. The van der Waals surface area contributed by atoms with Crippen LogP contribution in [0.2, 0.25) is 0 Å². The second-order valence-corrected chi connectivity index (χ2v) is 5.57. The summed E-state index contributed by atoms with van der Waals surface area (Å²) < 4.78 is 10.6. The van der Waals surface area contributed by atoms with Crippen molar-refractivity contribution in [2.24, 2.45) is 5.92 Å². The van der Waals surface area contributed by atoms with Crippen molar-refractivity contribution in [3.63, 3.8) is 0 Å². The third kappa shape index (κ3) is 7.49. The molecule has 0 bridgehead atoms. The Labute approximate surface area is 130 Å². The zero-order valence-corrected chi connectivity index (χ0v) is 13.9. The summed E-state index contributed by atoms with van der Waals surface area (Å²) in [5.41, 5.74) is 1.31. The van der Waals surface area contributed by atoms with Crippen LogP contribution in [0.15, 0.2) is 24.3 Å². The van der Waals surface area contributed by atoms with Gasteiger partial charge in [0.15, 0.2) is 0 Å². The molecule has 1 N–H and O–H groups in total. The number of hydrogen-bond acceptors (Lipinski definition) is 3. The van der Waals surface area contributed by atoms with E-state index in [-0.39, 0.29) is 0 Å². The number of hydrogen-bond donors (Lipinski definition) is 1. The fourth-order valence-corrected chi connectivity index (χ4v) is 2.62. The van der Waals surface area contributed by atoms with Crippen molar-refractivity contribution >= 4 is 0 Å². The molecule has 21 heavy (non-hydrogen) atoms. The molecule has 0 radical (unpaired) electrons. The summed E-state index contributed by atoms with van der Waals surface area (Å²) in [6.45, 7) is 5.00. The van der Waals surface area contributed by atoms with Gasteiger partial charge in [-0.2, -0.15) is 0 Å². The normalized spacial score (nSPS) is 12.3. The zero-order valence-electron chi connectivity index (χ0n) is 13.9. The van der Waals surface area contributed by atoms with E-state index in [0.717, 1.165) is 31.9 Å². The molecule has 1 aromatic carbocycles. The van der Waals surface area contributed by atoms with E-state index < -0.39 is 0 Å². The second kappa shape index (κ2) is 11.6. The molecule has 0 saturated carbocycles. The summed E-state index contributed by atoms with van der Waals surface area (Å²) in [5.74, 6) is 1.67. The van der Waals surface area contributed by atoms with Gasteiger partial charge in [-0.05, 0) is 36.9 Å². The minimum atomic E-state index is 0.657. The first-order valence-corrected chi connectivity index (χ1v) is 8.13. The maximum absolute atomic E-state index is 5.47. The smallest absolute Gasteiger partial charge is 0.122 e. The summed E-state index contributed by atoms with van der Waals surface area (Å²) >= 11 is 0. The van der Waals surface area contributed by atoms with Crippen LogP contribution in [0, 0.1) is 5.92 Å². The van der Waals surface area contributed by atoms with Gasteiger partial charge >= 0.3 is 0 Å². The van der Waals surface area contributed by atoms with Gasteiger partial charge < -0.3 is 14.8 Å². The van der Waals surface area contributed by atoms with E-state index >= 15 is 0 Å². The van der Waals surface area contributed by atoms with E-state index in [0.29, 0.717) is 5.92 Å². The van der Waals surface area contributed by atoms with Crippen molar-refractivity contribution in [1.82, 2.24) is 5.32 Å². The van der Waals surface area contributed by atoms with Crippen LogP contribution in [-0.4, -0.2) is 33.9 Å². The third-order valence-corrected chi connectivity index (χ3v) is 3.83. The van der Waals surface area contributed by atoms with Gasteiger partial charge in [0.25, 0.3) is 0 Å². The fraction of sp³-hybridized carbons (Fsp3) is 0.667. The first kappa shape index (κ1) is 18.0. The number of para-hydroxylation sites is 1. The summed E-state index contributed by atoms with van der Waals surface area (Å²) in [4.78, 5) is 0. The lowest BCUT2D eigenvalue weighted by molar-refractivity contribution is 0.197. The number of benzene rings is 1. The van der Waals surface area contributed by atoms with E-state index in [1.54, 1.807) is 14.2 Å². The molecule has 1 rings (SSSR count). The van der Waals surface area contributed by atoms with E-state index in [4.69, 9.17) is 9.47 Å². The molecular formula is C18H31NO2. The highest BCUT2D eigenvalue weighted by Crippen LogP contribution is 2.23. The Morgan fingerprint density at radius 1 is 1.14 bits per heavy atom. The molecule has 1 unspecified atom stereocenters. The second-order valence-electron chi connectivity index (χ2n) is 5.57. The fourth-order valence-electron chi connectivity index (χ4n) is 2.62. The Morgan fingerprint density at radius 2 is 1.95 bits per heavy atom. The molecular weight excluding hydrogens is 262 g/mol. The van der Waals surface area contributed by atoms with Crippen molar-refractivity contribution in [3.8, 4) is 5.75 Å². The number of nitrogens with one attached hydrogen (secondary N) is 1. The molecule has 0 aliphatic heterocycles. The van der Waals surface area contributed by atoms with Crippen LogP contribution < -0.4 is 10.1 Å². The quantitative estimate of drug-likeness (QED) is 0.596. The highest BCUT2D eigenvalue weighted by Gasteiger charge is 2.12. The predicted octanol–water partition coefficient (Wildman–Crippen LogP) is 3.67. The van der Waals surface area contributed by atoms with Gasteiger partial charge in [0.05, 0.1) is 13.7 Å². The summed E-state index contributed by atoms with van der Waals surface area (Å²) in [6.07, 6.45) is 6.25. The van der Waals surface area contributed by atoms with Gasteiger partial charge in [0, 0.05) is 13.7 Å². The Bertz CT molecular complexity index is 368. The highest BCUT2D eigenvalue weighted by molar-refractivity contribution is 5.33. The third-order valence-electron chi connectivity index (χ3n) is 3.83. The molecule has 0 aliphatic carbocycles. The average molecular weight is 293 g/mol. The van der Waals surface area contributed by atoms with Crippen LogP contribution in [0.5, 0.6) is 5.75 Å². The molecule has 1 aromatic rings. The highest BCUT2D eigenvalue weighted by atomic mass is 16.5. The molecule has 0 fully saturated rings. The van der Waals surface area contributed by atoms with Gasteiger partial charge in [0.1, 0.15) is 5.75 Å². The lowest BCUT2D eigenvalue weighted by Crippen LogP contribution is -2.27. The largest absolute Gasteiger partial charge is 0.496 e. The molecule has 3 nitrogen and oxygen atoms in total. The zero-order chi connectivity index (χ0) is 15.3. The number of methoxy groups -OCH3 is 2. The summed E-state index contributed by atoms with van der Waals surface area (Å²) in [5, 5.41) is 3.51. The Kier molecular flexibility index (Phi) is 9.92. The minimum Gasteiger partial charge on any atom is -0.496 e. The van der Waals surface area contributed by atoms with Crippen LogP contribution in [0.1, 0.15) is 38.2 Å². The maximum atomic E-state index is 5.47. The topological polar surface area (TPSA) is 30.5 Å². The SMILES string of the molecule is CCCCCC(CNCCOC)Cc1ccccc1OC. The monoisotopic (exact) mass is 293 g/mol. The van der Waals surface area contributed by atoms with E-state index in [9.17, 15) is 0 Å². The number of rotatable bonds is 12. The van der Waals surface area contributed by atoms with Crippen LogP contribution in [0.25, 0.3) is 0 Å². The van der Waals surface area contributed by atoms with Crippen LogP contribution in [0.3, 0.4) is 0 Å². The van der Waals surface area contributed by atoms with Crippen molar-refractivity contribution in [2.75, 3.05) is 33.9 Å². The Hall–Kier alpha value is -1.06. The standard InChI is InChI=1S/C18H31NO2/c1-4-5-6-9-16(15-19-12-13-20-2)14-17-10-7-8-11-18(17)21-3/h7-8,10-11,16,19H,4-6,9,12-15H2,1-3H3. The van der Waals surface area contributed by atoms with Crippen LogP contribution in [0.4, 0.5) is 0 Å². The molecule has 0 aromatic heterocycles. The molecule has 1 atom stereocenters. The van der Waals surface area contributed by atoms with Crippen molar-refractivity contribution in [1.29, 1.82) is 0 Å². The average Bonchev–Trinajstić information content (AvgIpc) is 2.52. The van der Waals surface area contributed by atoms with E-state index in [1.165, 1.54) is 31.2 Å². The van der Waals surface area contributed by atoms with Crippen molar-refractivity contribution in [2.45, 2.75) is 39.0 Å². The van der Waals surface area contributed by atoms with Gasteiger partial charge in [0.2, 0.25) is 0 Å². The lowest BCUT2D eigenvalue weighted by Gasteiger charge is -2.19. The minimum absolute atomic E-state index is 0.657. The van der Waals surface area contributed by atoms with E-state index in [1.807, 2.05) is 6.07 Å². The number of ether oxygens (including phenoxy) is 2. The van der Waals surface area contributed by atoms with Crippen molar-refractivity contribution < 1.29 is 9.47 Å². The van der Waals surface area contributed by atoms with Gasteiger partial charge in [-0.15, -0.1) is 0 Å². The number of unbranched alkanes of at least 4 members (excludes halogenated alkanes) is 2. The van der Waals surface area contributed by atoms with Gasteiger partial charge in [-0.25, -0.2) is 0 Å². The molecule has 120 valence electrons. The molecule has 0 spiro atoms. The predicted molar refractivity (Wildman–Crippen MR) is 89.1 cm³/mol. The Morgan fingerprint density at radius 3 is 2.67 bits per heavy atom. The summed E-state index contributed by atoms with van der Waals surface area (Å²) in [7, 11) is 3.50. The van der Waals surface area contributed by atoms with Crippen LogP contribution in [-0.2, 0) is 11.2 Å². The molecule has 0 heterocycles. The molecule has 0 saturated heterocycles. The van der Waals surface area contributed by atoms with Gasteiger partial charge in [-0.3, -0.25) is 0 Å². The van der Waals surface area contributed by atoms with E-state index in [2.05, 4.69) is 30.4 Å². The molecule has 0 aliphatic rings. The molecule has 0 amide bonds.